The first-order chi connectivity index (χ1) is 11.9. The predicted octanol–water partition coefficient (Wildman–Crippen LogP) is 5.14. The zero-order chi connectivity index (χ0) is 19.3. The number of halogens is 3. The summed E-state index contributed by atoms with van der Waals surface area (Å²) in [5, 5.41) is 11.6. The number of aliphatic hydroxyl groups is 1. The molecule has 1 N–H and O–H groups in total. The van der Waals surface area contributed by atoms with E-state index in [0.717, 1.165) is 11.5 Å². The summed E-state index contributed by atoms with van der Waals surface area (Å²) in [4.78, 5) is 0. The van der Waals surface area contributed by atoms with Crippen LogP contribution in [0.4, 0.5) is 13.2 Å². The second-order valence-corrected chi connectivity index (χ2v) is 7.48. The van der Waals surface area contributed by atoms with Crippen LogP contribution in [0.2, 0.25) is 0 Å². The lowest BCUT2D eigenvalue weighted by atomic mass is 9.70. The van der Waals surface area contributed by atoms with E-state index in [1.165, 1.54) is 16.7 Å². The van der Waals surface area contributed by atoms with Crippen molar-refractivity contribution in [1.29, 1.82) is 0 Å². The van der Waals surface area contributed by atoms with Crippen LogP contribution in [0.5, 0.6) is 0 Å². The van der Waals surface area contributed by atoms with Gasteiger partial charge in [-0.25, -0.2) is 0 Å². The minimum absolute atomic E-state index is 0.0889. The van der Waals surface area contributed by atoms with E-state index >= 15 is 0 Å². The molecule has 0 aliphatic carbocycles. The van der Waals surface area contributed by atoms with Crippen molar-refractivity contribution in [2.24, 2.45) is 5.41 Å². The van der Waals surface area contributed by atoms with Crippen LogP contribution in [0.1, 0.15) is 26.3 Å². The fourth-order valence-corrected chi connectivity index (χ4v) is 2.94. The van der Waals surface area contributed by atoms with Crippen molar-refractivity contribution >= 4 is 18.7 Å². The molecule has 0 saturated heterocycles. The summed E-state index contributed by atoms with van der Waals surface area (Å²) < 4.78 is 41.5. The second kappa shape index (κ2) is 5.91. The molecule has 2 radical (unpaired) electrons. The summed E-state index contributed by atoms with van der Waals surface area (Å²) in [6.45, 7) is 5.38. The van der Waals surface area contributed by atoms with Crippen LogP contribution in [-0.4, -0.2) is 17.5 Å². The zero-order valence-electron chi connectivity index (χ0n) is 14.8. The van der Waals surface area contributed by atoms with E-state index in [-0.39, 0.29) is 5.56 Å². The van der Waals surface area contributed by atoms with Crippen molar-refractivity contribution in [3.05, 3.63) is 60.3 Å². The first-order valence-electron chi connectivity index (χ1n) is 8.22. The van der Waals surface area contributed by atoms with Crippen LogP contribution in [0.3, 0.4) is 0 Å². The Balaban J connectivity index is 2.22. The Labute approximate surface area is 151 Å². The first-order valence-corrected chi connectivity index (χ1v) is 8.22. The van der Waals surface area contributed by atoms with E-state index in [0.29, 0.717) is 11.1 Å². The Morgan fingerprint density at radius 3 is 2.23 bits per heavy atom. The number of nitrogens with zero attached hydrogens (tertiary/aromatic N) is 1. The molecule has 26 heavy (non-hydrogen) atoms. The van der Waals surface area contributed by atoms with Crippen molar-refractivity contribution in [2.45, 2.75) is 32.6 Å². The molecule has 0 amide bonds. The highest BCUT2D eigenvalue weighted by Crippen LogP contribution is 2.39. The van der Waals surface area contributed by atoms with Crippen molar-refractivity contribution in [2.75, 3.05) is 0 Å². The molecule has 0 aliphatic heterocycles. The topological polar surface area (TPSA) is 25.2 Å². The molecule has 1 heterocycles. The number of rotatable bonds is 2. The molecule has 3 aromatic rings. The summed E-state index contributed by atoms with van der Waals surface area (Å²) >= 11 is 0. The van der Waals surface area contributed by atoms with Gasteiger partial charge in [0.2, 0.25) is 0 Å². The molecular weight excluding hydrogens is 338 g/mol. The van der Waals surface area contributed by atoms with Crippen molar-refractivity contribution < 1.29 is 18.3 Å². The molecule has 6 heteroatoms. The molecule has 0 saturated carbocycles. The quantitative estimate of drug-likeness (QED) is 0.631. The highest BCUT2D eigenvalue weighted by atomic mass is 19.4. The van der Waals surface area contributed by atoms with Gasteiger partial charge in [-0.1, -0.05) is 51.1 Å². The van der Waals surface area contributed by atoms with E-state index in [4.69, 9.17) is 7.85 Å². The number of benzene rings is 2. The maximum Gasteiger partial charge on any atom is 0.417 e. The average molecular weight is 357 g/mol. The minimum atomic E-state index is -4.45. The van der Waals surface area contributed by atoms with Crippen LogP contribution in [0, 0.1) is 5.41 Å². The number of alkyl halides is 3. The van der Waals surface area contributed by atoms with Gasteiger partial charge in [0.25, 0.3) is 0 Å². The fourth-order valence-electron chi connectivity index (χ4n) is 2.94. The van der Waals surface area contributed by atoms with Crippen molar-refractivity contribution in [1.82, 2.24) is 4.57 Å². The molecule has 0 spiro atoms. The van der Waals surface area contributed by atoms with Gasteiger partial charge in [-0.15, -0.1) is 0 Å². The summed E-state index contributed by atoms with van der Waals surface area (Å²) in [5.41, 5.74) is -2.01. The third-order valence-electron chi connectivity index (χ3n) is 4.71. The zero-order valence-corrected chi connectivity index (χ0v) is 14.8. The van der Waals surface area contributed by atoms with Gasteiger partial charge in [0.05, 0.1) is 16.7 Å². The SMILES string of the molecule is [B]C(O)(n1ccc2ccc(-c3ccccc3C(F)(F)F)cc21)C(C)(C)C. The number of hydrogen-bond acceptors (Lipinski definition) is 1. The molecule has 0 bridgehead atoms. The van der Waals surface area contributed by atoms with Crippen LogP contribution in [0.15, 0.2) is 54.7 Å². The van der Waals surface area contributed by atoms with E-state index < -0.39 is 22.8 Å². The molecule has 2 nitrogen and oxygen atoms in total. The van der Waals surface area contributed by atoms with Gasteiger partial charge in [0.15, 0.2) is 0 Å². The Morgan fingerprint density at radius 2 is 1.62 bits per heavy atom. The number of hydrogen-bond donors (Lipinski definition) is 1. The lowest BCUT2D eigenvalue weighted by Gasteiger charge is -2.40. The lowest BCUT2D eigenvalue weighted by molar-refractivity contribution is -0.137. The van der Waals surface area contributed by atoms with Crippen LogP contribution >= 0.6 is 0 Å². The Hall–Kier alpha value is -2.21. The van der Waals surface area contributed by atoms with Crippen LogP contribution < -0.4 is 0 Å². The Morgan fingerprint density at radius 1 is 0.962 bits per heavy atom. The number of aromatic nitrogens is 1. The van der Waals surface area contributed by atoms with E-state index in [1.807, 2.05) is 0 Å². The Kier molecular flexibility index (Phi) is 4.23. The molecule has 3 rings (SSSR count). The number of fused-ring (bicyclic) bond motifs is 1. The first kappa shape index (κ1) is 18.6. The summed E-state index contributed by atoms with van der Waals surface area (Å²) in [6, 6.07) is 12.2. The van der Waals surface area contributed by atoms with Gasteiger partial charge in [-0.2, -0.15) is 13.2 Å². The Bertz CT molecular complexity index is 952. The predicted molar refractivity (Wildman–Crippen MR) is 97.8 cm³/mol. The van der Waals surface area contributed by atoms with Gasteiger partial charge >= 0.3 is 6.18 Å². The van der Waals surface area contributed by atoms with E-state index in [9.17, 15) is 18.3 Å². The van der Waals surface area contributed by atoms with E-state index in [1.54, 1.807) is 57.3 Å². The molecule has 1 unspecified atom stereocenters. The third kappa shape index (κ3) is 3.03. The standard InChI is InChI=1S/C20H19BF3NO/c1-18(2,3)20(21,26)25-11-10-13-8-9-14(12-17(13)25)15-6-4-5-7-16(15)19(22,23)24/h4-12,26H,1-3H3. The van der Waals surface area contributed by atoms with E-state index in [2.05, 4.69) is 0 Å². The minimum Gasteiger partial charge on any atom is -0.379 e. The smallest absolute Gasteiger partial charge is 0.379 e. The molecule has 0 aliphatic rings. The molecule has 1 aromatic heterocycles. The van der Waals surface area contributed by atoms with Gasteiger partial charge < -0.3 is 9.67 Å². The molecule has 2 aromatic carbocycles. The van der Waals surface area contributed by atoms with Crippen LogP contribution in [0.25, 0.3) is 22.0 Å². The normalized spacial score (nSPS) is 15.2. The second-order valence-electron chi connectivity index (χ2n) is 7.48. The molecule has 0 fully saturated rings. The van der Waals surface area contributed by atoms with Crippen molar-refractivity contribution in [3.8, 4) is 11.1 Å². The summed E-state index contributed by atoms with van der Waals surface area (Å²) in [5.74, 6) is 0. The maximum atomic E-state index is 13.3. The molecule has 134 valence electrons. The summed E-state index contributed by atoms with van der Waals surface area (Å²) in [6.07, 6.45) is -2.80. The van der Waals surface area contributed by atoms with Crippen molar-refractivity contribution in [3.63, 3.8) is 0 Å². The largest absolute Gasteiger partial charge is 0.417 e. The summed E-state index contributed by atoms with van der Waals surface area (Å²) in [7, 11) is 6.15. The van der Waals surface area contributed by atoms with Crippen LogP contribution in [-0.2, 0) is 11.8 Å². The van der Waals surface area contributed by atoms with Gasteiger partial charge in [-0.3, -0.25) is 0 Å². The molecular formula is C20H19BF3NO. The lowest BCUT2D eigenvalue weighted by Crippen LogP contribution is -2.45. The fraction of sp³-hybridized carbons (Fsp3) is 0.300. The third-order valence-corrected chi connectivity index (χ3v) is 4.71. The monoisotopic (exact) mass is 357 g/mol. The van der Waals surface area contributed by atoms with Gasteiger partial charge in [0.1, 0.15) is 7.85 Å². The highest BCUT2D eigenvalue weighted by molar-refractivity contribution is 6.13. The molecule has 1 atom stereocenters. The average Bonchev–Trinajstić information content (AvgIpc) is 2.96. The van der Waals surface area contributed by atoms with Gasteiger partial charge in [-0.05, 0) is 34.7 Å². The van der Waals surface area contributed by atoms with Gasteiger partial charge in [0, 0.05) is 11.6 Å². The maximum absolute atomic E-state index is 13.3. The highest BCUT2D eigenvalue weighted by Gasteiger charge is 2.37.